The molecule has 0 saturated heterocycles. The molecule has 0 fully saturated rings. The number of carboxylic acids is 1. The molecule has 0 aliphatic rings. The third kappa shape index (κ3) is 2.80. The molecule has 1 aromatic carbocycles. The van der Waals surface area contributed by atoms with Gasteiger partial charge in [0.2, 0.25) is 0 Å². The smallest absolute Gasteiger partial charge is 0.325 e. The van der Waals surface area contributed by atoms with Gasteiger partial charge in [0.05, 0.1) is 21.1 Å². The standard InChI is InChI=1S/C11H9Cl2N3O3/c1-4(11(18)19)14-10(17)9-15-7-2-5(12)6(13)3-8(7)16-9/h2-4H,1H3,(H,14,17)(H,15,16)(H,18,19)/t4-/m0/s1. The lowest BCUT2D eigenvalue weighted by Gasteiger charge is -2.06. The second-order valence-electron chi connectivity index (χ2n) is 3.90. The Morgan fingerprint density at radius 2 is 2.00 bits per heavy atom. The van der Waals surface area contributed by atoms with E-state index < -0.39 is 17.9 Å². The van der Waals surface area contributed by atoms with E-state index in [1.165, 1.54) is 13.0 Å². The molecule has 1 amide bonds. The lowest BCUT2D eigenvalue weighted by Crippen LogP contribution is -2.38. The van der Waals surface area contributed by atoms with E-state index in [0.29, 0.717) is 21.1 Å². The maximum Gasteiger partial charge on any atom is 0.325 e. The van der Waals surface area contributed by atoms with Crippen molar-refractivity contribution in [2.45, 2.75) is 13.0 Å². The van der Waals surface area contributed by atoms with Crippen LogP contribution in [0.1, 0.15) is 17.5 Å². The molecule has 0 aliphatic heterocycles. The Kier molecular flexibility index (Phi) is 3.64. The van der Waals surface area contributed by atoms with Crippen LogP contribution in [0.25, 0.3) is 11.0 Å². The molecule has 1 heterocycles. The number of amides is 1. The van der Waals surface area contributed by atoms with Gasteiger partial charge in [-0.25, -0.2) is 4.98 Å². The molecular formula is C11H9Cl2N3O3. The maximum absolute atomic E-state index is 11.8. The van der Waals surface area contributed by atoms with E-state index in [2.05, 4.69) is 15.3 Å². The Morgan fingerprint density at radius 1 is 1.37 bits per heavy atom. The van der Waals surface area contributed by atoms with Crippen LogP contribution < -0.4 is 5.32 Å². The van der Waals surface area contributed by atoms with Gasteiger partial charge in [-0.05, 0) is 19.1 Å². The van der Waals surface area contributed by atoms with Gasteiger partial charge >= 0.3 is 5.97 Å². The normalized spacial score (nSPS) is 12.4. The van der Waals surface area contributed by atoms with Crippen LogP contribution >= 0.6 is 23.2 Å². The van der Waals surface area contributed by atoms with Crippen molar-refractivity contribution < 1.29 is 14.7 Å². The predicted molar refractivity (Wildman–Crippen MR) is 70.7 cm³/mol. The van der Waals surface area contributed by atoms with Gasteiger partial charge in [0.15, 0.2) is 5.82 Å². The Bertz CT molecular complexity index is 629. The summed E-state index contributed by atoms with van der Waals surface area (Å²) in [5.41, 5.74) is 1.02. The molecule has 2 rings (SSSR count). The van der Waals surface area contributed by atoms with Crippen LogP contribution in [0.2, 0.25) is 10.0 Å². The molecule has 1 aromatic heterocycles. The van der Waals surface area contributed by atoms with Crippen molar-refractivity contribution in [3.8, 4) is 0 Å². The number of fused-ring (bicyclic) bond motifs is 1. The summed E-state index contributed by atoms with van der Waals surface area (Å²) < 4.78 is 0. The molecule has 8 heteroatoms. The van der Waals surface area contributed by atoms with Crippen molar-refractivity contribution in [1.82, 2.24) is 15.3 Å². The second-order valence-corrected chi connectivity index (χ2v) is 4.72. The number of aromatic amines is 1. The fraction of sp³-hybridized carbons (Fsp3) is 0.182. The number of rotatable bonds is 3. The van der Waals surface area contributed by atoms with E-state index in [1.54, 1.807) is 6.07 Å². The second kappa shape index (κ2) is 5.07. The van der Waals surface area contributed by atoms with Crippen molar-refractivity contribution in [2.24, 2.45) is 0 Å². The Morgan fingerprint density at radius 3 is 2.63 bits per heavy atom. The summed E-state index contributed by atoms with van der Waals surface area (Å²) in [6, 6.07) is 2.06. The van der Waals surface area contributed by atoms with Crippen LogP contribution in [-0.2, 0) is 4.79 Å². The van der Waals surface area contributed by atoms with Crippen LogP contribution in [0.4, 0.5) is 0 Å². The summed E-state index contributed by atoms with van der Waals surface area (Å²) >= 11 is 11.7. The highest BCUT2D eigenvalue weighted by Gasteiger charge is 2.18. The number of nitrogens with one attached hydrogen (secondary N) is 2. The van der Waals surface area contributed by atoms with Crippen LogP contribution in [-0.4, -0.2) is 33.0 Å². The summed E-state index contributed by atoms with van der Waals surface area (Å²) in [7, 11) is 0. The van der Waals surface area contributed by atoms with Gasteiger partial charge in [-0.3, -0.25) is 9.59 Å². The molecular weight excluding hydrogens is 293 g/mol. The van der Waals surface area contributed by atoms with Crippen LogP contribution in [0, 0.1) is 0 Å². The molecule has 2 aromatic rings. The van der Waals surface area contributed by atoms with Gasteiger partial charge in [0, 0.05) is 0 Å². The van der Waals surface area contributed by atoms with Gasteiger partial charge in [-0.15, -0.1) is 0 Å². The number of nitrogens with zero attached hydrogens (tertiary/aromatic N) is 1. The van der Waals surface area contributed by atoms with E-state index in [1.807, 2.05) is 0 Å². The predicted octanol–water partition coefficient (Wildman–Crippen LogP) is 2.07. The molecule has 0 bridgehead atoms. The number of benzene rings is 1. The number of carbonyl (C=O) groups is 2. The number of hydrogen-bond acceptors (Lipinski definition) is 3. The average Bonchev–Trinajstić information content (AvgIpc) is 2.72. The molecule has 1 atom stereocenters. The summed E-state index contributed by atoms with van der Waals surface area (Å²) in [5.74, 6) is -1.74. The fourth-order valence-corrected chi connectivity index (χ4v) is 1.76. The van der Waals surface area contributed by atoms with E-state index in [-0.39, 0.29) is 5.82 Å². The minimum atomic E-state index is -1.13. The zero-order valence-electron chi connectivity index (χ0n) is 9.70. The summed E-state index contributed by atoms with van der Waals surface area (Å²) in [6.07, 6.45) is 0. The molecule has 0 unspecified atom stereocenters. The van der Waals surface area contributed by atoms with Gasteiger partial charge in [-0.1, -0.05) is 23.2 Å². The monoisotopic (exact) mass is 301 g/mol. The number of carbonyl (C=O) groups excluding carboxylic acids is 1. The first-order chi connectivity index (χ1) is 8.88. The van der Waals surface area contributed by atoms with E-state index in [9.17, 15) is 9.59 Å². The molecule has 19 heavy (non-hydrogen) atoms. The maximum atomic E-state index is 11.8. The number of aromatic nitrogens is 2. The Balaban J connectivity index is 2.31. The topological polar surface area (TPSA) is 95.1 Å². The SMILES string of the molecule is C[C@H](NC(=O)c1nc2cc(Cl)c(Cl)cc2[nH]1)C(=O)O. The van der Waals surface area contributed by atoms with Gasteiger partial charge in [0.1, 0.15) is 6.04 Å². The zero-order valence-corrected chi connectivity index (χ0v) is 11.2. The van der Waals surface area contributed by atoms with Crippen molar-refractivity contribution in [1.29, 1.82) is 0 Å². The fourth-order valence-electron chi connectivity index (χ4n) is 1.44. The number of aliphatic carboxylic acids is 1. The van der Waals surface area contributed by atoms with E-state index in [0.717, 1.165) is 0 Å². The number of imidazole rings is 1. The lowest BCUT2D eigenvalue weighted by atomic mass is 10.3. The van der Waals surface area contributed by atoms with Crippen molar-refractivity contribution in [2.75, 3.05) is 0 Å². The number of hydrogen-bond donors (Lipinski definition) is 3. The third-order valence-electron chi connectivity index (χ3n) is 2.46. The quantitative estimate of drug-likeness (QED) is 0.809. The number of carboxylic acid groups (broad SMARTS) is 1. The van der Waals surface area contributed by atoms with E-state index in [4.69, 9.17) is 28.3 Å². The Labute approximate surface area is 117 Å². The summed E-state index contributed by atoms with van der Waals surface area (Å²) in [4.78, 5) is 29.2. The first-order valence-corrected chi connectivity index (χ1v) is 6.02. The van der Waals surface area contributed by atoms with Gasteiger partial charge < -0.3 is 15.4 Å². The van der Waals surface area contributed by atoms with Crippen molar-refractivity contribution in [3.63, 3.8) is 0 Å². The zero-order chi connectivity index (χ0) is 14.2. The van der Waals surface area contributed by atoms with Crippen LogP contribution in [0.5, 0.6) is 0 Å². The largest absolute Gasteiger partial charge is 0.480 e. The molecule has 0 aliphatic carbocycles. The van der Waals surface area contributed by atoms with Crippen LogP contribution in [0.15, 0.2) is 12.1 Å². The number of H-pyrrole nitrogens is 1. The minimum Gasteiger partial charge on any atom is -0.480 e. The molecule has 0 saturated carbocycles. The van der Waals surface area contributed by atoms with Gasteiger partial charge in [0.25, 0.3) is 5.91 Å². The Hall–Kier alpha value is -1.79. The summed E-state index contributed by atoms with van der Waals surface area (Å²) in [6.45, 7) is 1.36. The first kappa shape index (κ1) is 13.6. The molecule has 0 radical (unpaired) electrons. The van der Waals surface area contributed by atoms with Crippen molar-refractivity contribution in [3.05, 3.63) is 28.0 Å². The van der Waals surface area contributed by atoms with Crippen LogP contribution in [0.3, 0.4) is 0 Å². The molecule has 0 spiro atoms. The van der Waals surface area contributed by atoms with Crippen molar-refractivity contribution >= 4 is 46.1 Å². The molecule has 6 nitrogen and oxygen atoms in total. The number of halogens is 2. The summed E-state index contributed by atoms with van der Waals surface area (Å²) in [5, 5.41) is 11.7. The average molecular weight is 302 g/mol. The highest BCUT2D eigenvalue weighted by molar-refractivity contribution is 6.42. The third-order valence-corrected chi connectivity index (χ3v) is 3.18. The minimum absolute atomic E-state index is 0.00133. The van der Waals surface area contributed by atoms with Gasteiger partial charge in [-0.2, -0.15) is 0 Å². The lowest BCUT2D eigenvalue weighted by molar-refractivity contribution is -0.138. The highest BCUT2D eigenvalue weighted by atomic mass is 35.5. The first-order valence-electron chi connectivity index (χ1n) is 5.27. The highest BCUT2D eigenvalue weighted by Crippen LogP contribution is 2.26. The van der Waals surface area contributed by atoms with E-state index >= 15 is 0 Å². The molecule has 100 valence electrons. The molecule has 3 N–H and O–H groups in total.